The maximum Gasteiger partial charge on any atom is 0.0488 e. The van der Waals surface area contributed by atoms with Crippen molar-refractivity contribution in [1.82, 2.24) is 0 Å². The molecule has 0 heterocycles. The van der Waals surface area contributed by atoms with Crippen LogP contribution in [0.15, 0.2) is 267 Å². The summed E-state index contributed by atoms with van der Waals surface area (Å²) in [4.78, 5) is 4.76. The first-order valence-corrected chi connectivity index (χ1v) is 21.2. The third kappa shape index (κ3) is 8.18. The number of anilines is 6. The molecule has 0 aliphatic heterocycles. The van der Waals surface area contributed by atoms with E-state index in [0.717, 1.165) is 45.3 Å². The van der Waals surface area contributed by atoms with Crippen LogP contribution < -0.4 is 9.80 Å². The van der Waals surface area contributed by atoms with Gasteiger partial charge in [0.05, 0.1) is 0 Å². The SMILES string of the molecule is c1ccc(-c2ccc(N(c3ccccc3)c3cc(-c4cc(-c5ccccc5)cc(-c5ccccc5)c4)cc(N(c4ccccc4)c4ccc(-c5ccccc5)cc4)c3)cc2)cc1. The van der Waals surface area contributed by atoms with Crippen LogP contribution in [-0.2, 0) is 0 Å². The van der Waals surface area contributed by atoms with Crippen molar-refractivity contribution >= 4 is 34.1 Å². The van der Waals surface area contributed by atoms with Crippen molar-refractivity contribution < 1.29 is 0 Å². The van der Waals surface area contributed by atoms with Crippen LogP contribution in [0.3, 0.4) is 0 Å². The summed E-state index contributed by atoms with van der Waals surface area (Å²) in [6.07, 6.45) is 0. The number of rotatable bonds is 11. The van der Waals surface area contributed by atoms with Crippen LogP contribution >= 0.6 is 0 Å². The van der Waals surface area contributed by atoms with Crippen LogP contribution in [0.2, 0.25) is 0 Å². The first kappa shape index (κ1) is 38.0. The molecule has 0 aromatic heterocycles. The molecule has 10 aromatic rings. The topological polar surface area (TPSA) is 6.48 Å². The molecule has 0 fully saturated rings. The maximum absolute atomic E-state index is 2.38. The summed E-state index contributed by atoms with van der Waals surface area (Å²) in [7, 11) is 0. The number of hydrogen-bond donors (Lipinski definition) is 0. The molecule has 0 amide bonds. The summed E-state index contributed by atoms with van der Waals surface area (Å²) in [5, 5.41) is 0. The zero-order chi connectivity index (χ0) is 41.5. The summed E-state index contributed by atoms with van der Waals surface area (Å²) in [6, 6.07) is 95.9. The van der Waals surface area contributed by atoms with E-state index in [0.29, 0.717) is 0 Å². The summed E-state index contributed by atoms with van der Waals surface area (Å²) in [5.41, 5.74) is 18.1. The first-order valence-electron chi connectivity index (χ1n) is 21.2. The number of para-hydroxylation sites is 2. The van der Waals surface area contributed by atoms with Crippen molar-refractivity contribution in [3.8, 4) is 55.6 Å². The predicted molar refractivity (Wildman–Crippen MR) is 263 cm³/mol. The fourth-order valence-corrected chi connectivity index (χ4v) is 8.32. The van der Waals surface area contributed by atoms with Gasteiger partial charge in [-0.05, 0) is 141 Å². The highest BCUT2D eigenvalue weighted by atomic mass is 15.2. The Balaban J connectivity index is 1.21. The lowest BCUT2D eigenvalue weighted by molar-refractivity contribution is 1.25. The largest absolute Gasteiger partial charge is 0.310 e. The van der Waals surface area contributed by atoms with Crippen molar-refractivity contribution in [3.05, 3.63) is 267 Å². The molecule has 0 saturated carbocycles. The third-order valence-electron chi connectivity index (χ3n) is 11.4. The first-order chi connectivity index (χ1) is 30.7. The van der Waals surface area contributed by atoms with Crippen molar-refractivity contribution in [2.24, 2.45) is 0 Å². The van der Waals surface area contributed by atoms with Crippen molar-refractivity contribution in [2.45, 2.75) is 0 Å². The van der Waals surface area contributed by atoms with Crippen LogP contribution in [0.1, 0.15) is 0 Å². The second-order valence-corrected chi connectivity index (χ2v) is 15.4. The molecule has 0 atom stereocenters. The Kier molecular flexibility index (Phi) is 10.8. The van der Waals surface area contributed by atoms with Gasteiger partial charge in [-0.1, -0.05) is 182 Å². The van der Waals surface area contributed by atoms with Crippen LogP contribution in [-0.4, -0.2) is 0 Å². The van der Waals surface area contributed by atoms with Gasteiger partial charge in [-0.15, -0.1) is 0 Å². The normalized spacial score (nSPS) is 10.9. The Morgan fingerprint density at radius 1 is 0.145 bits per heavy atom. The number of benzene rings is 10. The second-order valence-electron chi connectivity index (χ2n) is 15.4. The molecule has 0 aliphatic rings. The molecule has 0 N–H and O–H groups in total. The van der Waals surface area contributed by atoms with Gasteiger partial charge in [0, 0.05) is 34.1 Å². The summed E-state index contributed by atoms with van der Waals surface area (Å²) in [6.45, 7) is 0. The van der Waals surface area contributed by atoms with Crippen LogP contribution in [0.25, 0.3) is 55.6 Å². The Labute approximate surface area is 364 Å². The Bertz CT molecular complexity index is 2800. The highest BCUT2D eigenvalue weighted by Crippen LogP contribution is 2.45. The average Bonchev–Trinajstić information content (AvgIpc) is 3.36. The Morgan fingerprint density at radius 3 is 0.694 bits per heavy atom. The average molecular weight is 793 g/mol. The molecule has 294 valence electrons. The fraction of sp³-hybridized carbons (Fsp3) is 0. The zero-order valence-corrected chi connectivity index (χ0v) is 34.3. The molecule has 0 bridgehead atoms. The second kappa shape index (κ2) is 17.6. The van der Waals surface area contributed by atoms with E-state index in [4.69, 9.17) is 0 Å². The van der Waals surface area contributed by atoms with Crippen LogP contribution in [0, 0.1) is 0 Å². The van der Waals surface area contributed by atoms with Gasteiger partial charge >= 0.3 is 0 Å². The van der Waals surface area contributed by atoms with E-state index in [-0.39, 0.29) is 0 Å². The molecule has 0 saturated heterocycles. The molecule has 10 rings (SSSR count). The van der Waals surface area contributed by atoms with Crippen molar-refractivity contribution in [2.75, 3.05) is 9.80 Å². The van der Waals surface area contributed by atoms with Gasteiger partial charge in [-0.3, -0.25) is 0 Å². The van der Waals surface area contributed by atoms with Gasteiger partial charge in [0.15, 0.2) is 0 Å². The quantitative estimate of drug-likeness (QED) is 0.129. The molecule has 2 heteroatoms. The highest BCUT2D eigenvalue weighted by Gasteiger charge is 2.20. The van der Waals surface area contributed by atoms with E-state index in [1.807, 2.05) is 0 Å². The fourth-order valence-electron chi connectivity index (χ4n) is 8.32. The monoisotopic (exact) mass is 792 g/mol. The van der Waals surface area contributed by atoms with Gasteiger partial charge in [0.25, 0.3) is 0 Å². The minimum absolute atomic E-state index is 1.05. The van der Waals surface area contributed by atoms with Gasteiger partial charge in [-0.2, -0.15) is 0 Å². The van der Waals surface area contributed by atoms with Gasteiger partial charge < -0.3 is 9.80 Å². The Hall–Kier alpha value is -8.20. The smallest absolute Gasteiger partial charge is 0.0488 e. The lowest BCUT2D eigenvalue weighted by Crippen LogP contribution is -2.13. The molecule has 0 spiro atoms. The number of hydrogen-bond acceptors (Lipinski definition) is 2. The third-order valence-corrected chi connectivity index (χ3v) is 11.4. The maximum atomic E-state index is 2.38. The minimum Gasteiger partial charge on any atom is -0.310 e. The molecule has 10 aromatic carbocycles. The lowest BCUT2D eigenvalue weighted by Gasteiger charge is -2.30. The van der Waals surface area contributed by atoms with E-state index >= 15 is 0 Å². The van der Waals surface area contributed by atoms with Crippen molar-refractivity contribution in [3.63, 3.8) is 0 Å². The van der Waals surface area contributed by atoms with Crippen LogP contribution in [0.5, 0.6) is 0 Å². The van der Waals surface area contributed by atoms with E-state index in [9.17, 15) is 0 Å². The zero-order valence-electron chi connectivity index (χ0n) is 34.3. The summed E-state index contributed by atoms with van der Waals surface area (Å²) >= 11 is 0. The predicted octanol–water partition coefficient (Wildman–Crippen LogP) is 17.0. The van der Waals surface area contributed by atoms with Crippen LogP contribution in [0.4, 0.5) is 34.1 Å². The molecule has 2 nitrogen and oxygen atoms in total. The number of nitrogens with zero attached hydrogens (tertiary/aromatic N) is 2. The van der Waals surface area contributed by atoms with E-state index < -0.39 is 0 Å². The lowest BCUT2D eigenvalue weighted by atomic mass is 9.92. The van der Waals surface area contributed by atoms with Gasteiger partial charge in [-0.25, -0.2) is 0 Å². The molecule has 0 radical (unpaired) electrons. The summed E-state index contributed by atoms with van der Waals surface area (Å²) < 4.78 is 0. The molecule has 0 unspecified atom stereocenters. The van der Waals surface area contributed by atoms with Gasteiger partial charge in [0.2, 0.25) is 0 Å². The minimum atomic E-state index is 1.05. The standard InChI is InChI=1S/C60H44N2/c1-7-19-45(20-8-1)49-31-35-57(36-32-49)61(55-27-15-5-16-28-55)59-42-54(53-40-51(47-23-11-3-12-24-47)39-52(41-53)48-25-13-4-14-26-48)43-60(44-59)62(56-29-17-6-18-30-56)58-37-33-50(34-38-58)46-21-9-2-10-22-46/h1-44H. The van der Waals surface area contributed by atoms with E-state index in [2.05, 4.69) is 277 Å². The Morgan fingerprint density at radius 2 is 0.371 bits per heavy atom. The van der Waals surface area contributed by atoms with E-state index in [1.54, 1.807) is 0 Å². The molecule has 0 aliphatic carbocycles. The molecular formula is C60H44N2. The summed E-state index contributed by atoms with van der Waals surface area (Å²) in [5.74, 6) is 0. The molecule has 62 heavy (non-hydrogen) atoms. The molecular weight excluding hydrogens is 749 g/mol. The highest BCUT2D eigenvalue weighted by molar-refractivity contribution is 5.90. The van der Waals surface area contributed by atoms with E-state index in [1.165, 1.54) is 44.5 Å². The van der Waals surface area contributed by atoms with Crippen molar-refractivity contribution in [1.29, 1.82) is 0 Å². The van der Waals surface area contributed by atoms with Gasteiger partial charge in [0.1, 0.15) is 0 Å².